The summed E-state index contributed by atoms with van der Waals surface area (Å²) in [6.45, 7) is 4.25. The molecule has 7 heteroatoms. The van der Waals surface area contributed by atoms with Crippen LogP contribution in [0.4, 0.5) is 4.39 Å². The minimum atomic E-state index is -0.296. The van der Waals surface area contributed by atoms with Crippen molar-refractivity contribution in [2.45, 2.75) is 69.2 Å². The van der Waals surface area contributed by atoms with Crippen LogP contribution in [0.3, 0.4) is 0 Å². The van der Waals surface area contributed by atoms with Crippen LogP contribution in [0, 0.1) is 5.82 Å². The maximum absolute atomic E-state index is 14.2. The molecule has 2 aromatic rings. The second-order valence-corrected chi connectivity index (χ2v) is 8.55. The Bertz CT molecular complexity index is 825. The highest BCUT2D eigenvalue weighted by atomic mass is 32.2. The molecule has 2 heterocycles. The molecule has 2 aliphatic rings. The van der Waals surface area contributed by atoms with Crippen molar-refractivity contribution in [2.24, 2.45) is 0 Å². The van der Waals surface area contributed by atoms with E-state index >= 15 is 0 Å². The summed E-state index contributed by atoms with van der Waals surface area (Å²) in [5.74, 6) is 0.759. The molecule has 2 fully saturated rings. The van der Waals surface area contributed by atoms with Crippen LogP contribution in [0.15, 0.2) is 29.4 Å². The van der Waals surface area contributed by atoms with E-state index in [4.69, 9.17) is 0 Å². The van der Waals surface area contributed by atoms with Gasteiger partial charge in [-0.3, -0.25) is 9.36 Å². The van der Waals surface area contributed by atoms with E-state index in [1.165, 1.54) is 24.2 Å². The molecule has 144 valence electrons. The summed E-state index contributed by atoms with van der Waals surface area (Å²) in [6, 6.07) is 7.53. The van der Waals surface area contributed by atoms with Gasteiger partial charge in [0.15, 0.2) is 11.0 Å². The first-order valence-corrected chi connectivity index (χ1v) is 10.7. The number of carbonyl (C=O) groups is 1. The molecule has 1 saturated heterocycles. The van der Waals surface area contributed by atoms with Gasteiger partial charge in [-0.15, -0.1) is 10.2 Å². The number of halogens is 1. The first-order valence-electron chi connectivity index (χ1n) is 9.70. The molecule has 1 saturated carbocycles. The molecule has 1 aliphatic heterocycles. The average Bonchev–Trinajstić information content (AvgIpc) is 3.40. The second kappa shape index (κ2) is 7.62. The van der Waals surface area contributed by atoms with Gasteiger partial charge in [-0.25, -0.2) is 4.39 Å². The zero-order valence-corrected chi connectivity index (χ0v) is 16.6. The summed E-state index contributed by atoms with van der Waals surface area (Å²) < 4.78 is 16.3. The van der Waals surface area contributed by atoms with Crippen molar-refractivity contribution in [3.8, 4) is 11.4 Å². The Labute approximate surface area is 163 Å². The number of thioether (sulfide) groups is 1. The number of likely N-dealkylation sites (tertiary alicyclic amines) is 1. The van der Waals surface area contributed by atoms with Crippen molar-refractivity contribution in [3.05, 3.63) is 30.1 Å². The standard InChI is InChI=1S/C20H25FN4OS/c1-13-6-5-7-14(2)24(13)18(26)12-27-20-23-22-19(25(20)15-10-11-15)16-8-3-4-9-17(16)21/h3-4,8-9,13-15H,5-7,10-12H2,1-2H3/t13-,14-/m0/s1. The molecule has 1 aromatic carbocycles. The van der Waals surface area contributed by atoms with Crippen molar-refractivity contribution >= 4 is 17.7 Å². The monoisotopic (exact) mass is 388 g/mol. The van der Waals surface area contributed by atoms with E-state index in [1.54, 1.807) is 18.2 Å². The Balaban J connectivity index is 1.53. The zero-order valence-electron chi connectivity index (χ0n) is 15.8. The fourth-order valence-electron chi connectivity index (χ4n) is 3.98. The molecule has 0 radical (unpaired) electrons. The lowest BCUT2D eigenvalue weighted by molar-refractivity contribution is -0.134. The van der Waals surface area contributed by atoms with Crippen molar-refractivity contribution in [2.75, 3.05) is 5.75 Å². The van der Waals surface area contributed by atoms with Crippen molar-refractivity contribution in [1.82, 2.24) is 19.7 Å². The third-order valence-corrected chi connectivity index (χ3v) is 6.43. The topological polar surface area (TPSA) is 51.0 Å². The number of nitrogens with zero attached hydrogens (tertiary/aromatic N) is 4. The third-order valence-electron chi connectivity index (χ3n) is 5.50. The van der Waals surface area contributed by atoms with E-state index < -0.39 is 0 Å². The van der Waals surface area contributed by atoms with Crippen LogP contribution in [0.5, 0.6) is 0 Å². The minimum absolute atomic E-state index is 0.150. The SMILES string of the molecule is C[C@H]1CCC[C@H](C)N1C(=O)CSc1nnc(-c2ccccc2F)n1C1CC1. The van der Waals surface area contributed by atoms with Gasteiger partial charge < -0.3 is 4.90 Å². The number of piperidine rings is 1. The molecule has 0 N–H and O–H groups in total. The van der Waals surface area contributed by atoms with Gasteiger partial charge in [-0.2, -0.15) is 0 Å². The summed E-state index contributed by atoms with van der Waals surface area (Å²) in [4.78, 5) is 14.8. The summed E-state index contributed by atoms with van der Waals surface area (Å²) in [5.41, 5.74) is 0.466. The summed E-state index contributed by atoms with van der Waals surface area (Å²) in [5, 5.41) is 9.25. The van der Waals surface area contributed by atoms with Crippen LogP contribution in [-0.2, 0) is 4.79 Å². The van der Waals surface area contributed by atoms with E-state index in [9.17, 15) is 9.18 Å². The molecule has 0 unspecified atom stereocenters. The van der Waals surface area contributed by atoms with Crippen LogP contribution in [-0.4, -0.2) is 43.4 Å². The van der Waals surface area contributed by atoms with Crippen molar-refractivity contribution in [1.29, 1.82) is 0 Å². The zero-order chi connectivity index (χ0) is 19.0. The highest BCUT2D eigenvalue weighted by Gasteiger charge is 2.32. The Kier molecular flexibility index (Phi) is 5.21. The van der Waals surface area contributed by atoms with Gasteiger partial charge in [0.1, 0.15) is 5.82 Å². The minimum Gasteiger partial charge on any atom is -0.337 e. The Morgan fingerprint density at radius 2 is 1.85 bits per heavy atom. The lowest BCUT2D eigenvalue weighted by Gasteiger charge is -2.39. The van der Waals surface area contributed by atoms with Gasteiger partial charge >= 0.3 is 0 Å². The van der Waals surface area contributed by atoms with Crippen LogP contribution < -0.4 is 0 Å². The van der Waals surface area contributed by atoms with Gasteiger partial charge in [-0.05, 0) is 58.1 Å². The highest BCUT2D eigenvalue weighted by molar-refractivity contribution is 7.99. The molecule has 4 rings (SSSR count). The smallest absolute Gasteiger partial charge is 0.233 e. The van der Waals surface area contributed by atoms with Crippen LogP contribution in [0.1, 0.15) is 52.0 Å². The fourth-order valence-corrected chi connectivity index (χ4v) is 4.85. The van der Waals surface area contributed by atoms with E-state index in [0.29, 0.717) is 28.3 Å². The maximum atomic E-state index is 14.2. The van der Waals surface area contributed by atoms with Crippen LogP contribution in [0.2, 0.25) is 0 Å². The molecule has 1 aliphatic carbocycles. The Morgan fingerprint density at radius 3 is 2.52 bits per heavy atom. The van der Waals surface area contributed by atoms with Gasteiger partial charge in [-0.1, -0.05) is 23.9 Å². The van der Waals surface area contributed by atoms with Crippen molar-refractivity contribution < 1.29 is 9.18 Å². The first kappa shape index (κ1) is 18.5. The van der Waals surface area contributed by atoms with E-state index in [1.807, 2.05) is 9.47 Å². The third kappa shape index (κ3) is 3.74. The normalized spacial score (nSPS) is 22.9. The molecular formula is C20H25FN4OS. The molecule has 1 amide bonds. The number of hydrogen-bond acceptors (Lipinski definition) is 4. The van der Waals surface area contributed by atoms with Gasteiger partial charge in [0, 0.05) is 18.1 Å². The summed E-state index contributed by atoms with van der Waals surface area (Å²) in [6.07, 6.45) is 5.40. The first-order chi connectivity index (χ1) is 13.1. The molecule has 27 heavy (non-hydrogen) atoms. The number of rotatable bonds is 5. The van der Waals surface area contributed by atoms with Gasteiger partial charge in [0.25, 0.3) is 0 Å². The number of benzene rings is 1. The fraction of sp³-hybridized carbons (Fsp3) is 0.550. The van der Waals surface area contributed by atoms with E-state index in [0.717, 1.165) is 25.7 Å². The predicted octanol–water partition coefficient (Wildman–Crippen LogP) is 4.30. The second-order valence-electron chi connectivity index (χ2n) is 7.61. The summed E-state index contributed by atoms with van der Waals surface area (Å²) in [7, 11) is 0. The van der Waals surface area contributed by atoms with Gasteiger partial charge in [0.05, 0.1) is 11.3 Å². The maximum Gasteiger partial charge on any atom is 0.233 e. The van der Waals surface area contributed by atoms with Gasteiger partial charge in [0.2, 0.25) is 5.91 Å². The molecule has 0 bridgehead atoms. The molecule has 5 nitrogen and oxygen atoms in total. The summed E-state index contributed by atoms with van der Waals surface area (Å²) >= 11 is 1.42. The lowest BCUT2D eigenvalue weighted by atomic mass is 9.98. The lowest BCUT2D eigenvalue weighted by Crippen LogP contribution is -2.48. The Hall–Kier alpha value is -1.89. The molecule has 0 spiro atoms. The quantitative estimate of drug-likeness (QED) is 0.717. The number of amides is 1. The number of carbonyl (C=O) groups excluding carboxylic acids is 1. The van der Waals surface area contributed by atoms with Crippen LogP contribution >= 0.6 is 11.8 Å². The molecule has 2 atom stereocenters. The van der Waals surface area contributed by atoms with E-state index in [2.05, 4.69) is 24.0 Å². The van der Waals surface area contributed by atoms with E-state index in [-0.39, 0.29) is 23.8 Å². The predicted molar refractivity (Wildman–Crippen MR) is 104 cm³/mol. The molecule has 1 aromatic heterocycles. The van der Waals surface area contributed by atoms with Crippen molar-refractivity contribution in [3.63, 3.8) is 0 Å². The number of aromatic nitrogens is 3. The number of hydrogen-bond donors (Lipinski definition) is 0. The Morgan fingerprint density at radius 1 is 1.15 bits per heavy atom. The highest BCUT2D eigenvalue weighted by Crippen LogP contribution is 2.41. The largest absolute Gasteiger partial charge is 0.337 e. The molecular weight excluding hydrogens is 363 g/mol. The van der Waals surface area contributed by atoms with Crippen LogP contribution in [0.25, 0.3) is 11.4 Å². The average molecular weight is 389 g/mol.